The van der Waals surface area contributed by atoms with E-state index in [1.807, 2.05) is 0 Å². The highest BCUT2D eigenvalue weighted by Crippen LogP contribution is 2.24. The van der Waals surface area contributed by atoms with Crippen molar-refractivity contribution in [2.45, 2.75) is 0 Å². The van der Waals surface area contributed by atoms with E-state index in [-0.39, 0.29) is 6.73 Å². The van der Waals surface area contributed by atoms with E-state index >= 15 is 0 Å². The molecule has 5 heteroatoms. The van der Waals surface area contributed by atoms with Crippen LogP contribution in [-0.4, -0.2) is 21.5 Å². The number of hydrogen-bond acceptors (Lipinski definition) is 4. The summed E-state index contributed by atoms with van der Waals surface area (Å²) in [7, 11) is 0. The summed E-state index contributed by atoms with van der Waals surface area (Å²) in [6.45, 7) is -0.184. The molecule has 2 heterocycles. The summed E-state index contributed by atoms with van der Waals surface area (Å²) in [6, 6.07) is 0.354. The molecule has 1 aromatic rings. The molecule has 0 unspecified atom stereocenters. The quantitative estimate of drug-likeness (QED) is 0.553. The van der Waals surface area contributed by atoms with Crippen LogP contribution >= 0.6 is 0 Å². The zero-order valence-electron chi connectivity index (χ0n) is 4.48. The molecule has 2 rings (SSSR count). The number of aliphatic hydroxyl groups excluding tert-OH is 1. The zero-order chi connectivity index (χ0) is 6.27. The Hall–Kier alpha value is -1.23. The largest absolute Gasteiger partial charge is 0.529 e. The zero-order valence-corrected chi connectivity index (χ0v) is 4.48. The molecule has 1 N–H and O–H groups in total. The predicted molar refractivity (Wildman–Crippen MR) is 25.6 cm³/mol. The second kappa shape index (κ2) is 1.38. The molecular formula is C4H4N3O2+. The van der Waals surface area contributed by atoms with E-state index in [9.17, 15) is 0 Å². The minimum Gasteiger partial charge on any atom is -0.389 e. The van der Waals surface area contributed by atoms with Crippen LogP contribution in [0, 0.1) is 0 Å². The third-order valence-corrected chi connectivity index (χ3v) is 1.06. The van der Waals surface area contributed by atoms with Gasteiger partial charge in [-0.3, -0.25) is 0 Å². The van der Waals surface area contributed by atoms with Crippen LogP contribution in [0.2, 0.25) is 0 Å². The van der Waals surface area contributed by atoms with Crippen molar-refractivity contribution in [3.05, 3.63) is 6.26 Å². The fourth-order valence-electron chi connectivity index (χ4n) is 0.679. The number of oxazole rings is 1. The molecule has 0 atom stereocenters. The first-order valence-corrected chi connectivity index (χ1v) is 2.46. The molecule has 1 aromatic heterocycles. The van der Waals surface area contributed by atoms with E-state index < -0.39 is 0 Å². The molecule has 1 aliphatic heterocycles. The van der Waals surface area contributed by atoms with Gasteiger partial charge in [0.25, 0.3) is 0 Å². The van der Waals surface area contributed by atoms with Crippen molar-refractivity contribution in [3.63, 3.8) is 0 Å². The lowest BCUT2D eigenvalue weighted by Gasteiger charge is -1.85. The molecule has 0 amide bonds. The van der Waals surface area contributed by atoms with E-state index in [0.29, 0.717) is 11.8 Å². The molecule has 0 saturated heterocycles. The molecule has 1 aliphatic rings. The Kier molecular flexibility index (Phi) is 0.711. The van der Waals surface area contributed by atoms with Crippen molar-refractivity contribution in [2.24, 2.45) is 5.11 Å². The van der Waals surface area contributed by atoms with Crippen LogP contribution in [0.1, 0.15) is 0 Å². The first-order chi connectivity index (χ1) is 4.40. The van der Waals surface area contributed by atoms with Gasteiger partial charge in [-0.05, 0) is 5.11 Å². The summed E-state index contributed by atoms with van der Waals surface area (Å²) in [5.41, 5.74) is 0. The van der Waals surface area contributed by atoms with Crippen LogP contribution in [0.3, 0.4) is 0 Å². The van der Waals surface area contributed by atoms with Crippen molar-refractivity contribution in [1.82, 2.24) is 4.98 Å². The topological polar surface area (TPSA) is 61.6 Å². The maximum Gasteiger partial charge on any atom is 0.529 e. The van der Waals surface area contributed by atoms with Crippen molar-refractivity contribution < 1.29 is 14.2 Å². The highest BCUT2D eigenvalue weighted by Gasteiger charge is 2.27. The monoisotopic (exact) mass is 126 g/mol. The van der Waals surface area contributed by atoms with Gasteiger partial charge in [0.1, 0.15) is 0 Å². The number of aromatic nitrogens is 1. The number of azo groups is 2. The summed E-state index contributed by atoms with van der Waals surface area (Å²) in [4.78, 5) is 3.81. The van der Waals surface area contributed by atoms with Crippen molar-refractivity contribution in [1.29, 1.82) is 0 Å². The van der Waals surface area contributed by atoms with Gasteiger partial charge in [0.15, 0.2) is 6.26 Å². The van der Waals surface area contributed by atoms with E-state index in [1.54, 1.807) is 0 Å². The van der Waals surface area contributed by atoms with Crippen LogP contribution in [0.5, 0.6) is 0 Å². The van der Waals surface area contributed by atoms with E-state index in [0.717, 1.165) is 0 Å². The summed E-state index contributed by atoms with van der Waals surface area (Å²) < 4.78 is 6.09. The number of hydrogen-bond donors (Lipinski definition) is 1. The lowest BCUT2D eigenvalue weighted by Crippen LogP contribution is -2.00. The smallest absolute Gasteiger partial charge is 0.389 e. The standard InChI is InChI=1S/C4H4N3O2/c8-2-7-4-5-3(6-7)1-9-4/h1,8H,2H2/q+1. The molecule has 0 fully saturated rings. The minimum absolute atomic E-state index is 0.184. The fourth-order valence-corrected chi connectivity index (χ4v) is 0.679. The number of fused-ring (bicyclic) bond motifs is 2. The molecule has 0 spiro atoms. The normalized spacial score (nSPS) is 14.1. The van der Waals surface area contributed by atoms with Crippen molar-refractivity contribution in [2.75, 3.05) is 6.73 Å². The molecule has 9 heavy (non-hydrogen) atoms. The Bertz CT molecular complexity index is 265. The summed E-state index contributed by atoms with van der Waals surface area (Å²) in [6.07, 6.45) is 1.43. The molecule has 0 saturated carbocycles. The summed E-state index contributed by atoms with van der Waals surface area (Å²) in [5, 5.41) is 12.3. The van der Waals surface area contributed by atoms with Crippen molar-refractivity contribution >= 4 is 11.8 Å². The Morgan fingerprint density at radius 1 is 1.78 bits per heavy atom. The molecular weight excluding hydrogens is 122 g/mol. The highest BCUT2D eigenvalue weighted by atomic mass is 16.4. The van der Waals surface area contributed by atoms with E-state index in [4.69, 9.17) is 9.52 Å². The molecule has 0 aliphatic carbocycles. The van der Waals surface area contributed by atoms with Crippen LogP contribution in [-0.2, 0) is 0 Å². The van der Waals surface area contributed by atoms with Crippen LogP contribution < -0.4 is 0 Å². The van der Waals surface area contributed by atoms with Gasteiger partial charge in [0.2, 0.25) is 6.73 Å². The first-order valence-electron chi connectivity index (χ1n) is 2.46. The molecule has 2 bridgehead atoms. The second-order valence-electron chi connectivity index (χ2n) is 1.63. The van der Waals surface area contributed by atoms with Gasteiger partial charge >= 0.3 is 11.8 Å². The summed E-state index contributed by atoms with van der Waals surface area (Å²) >= 11 is 0. The summed E-state index contributed by atoms with van der Waals surface area (Å²) in [5.74, 6) is 0.513. The average molecular weight is 126 g/mol. The van der Waals surface area contributed by atoms with Gasteiger partial charge in [-0.1, -0.05) is 4.70 Å². The molecule has 0 aromatic carbocycles. The number of rotatable bonds is 1. The van der Waals surface area contributed by atoms with Gasteiger partial charge in [-0.15, -0.1) is 0 Å². The lowest BCUT2D eigenvalue weighted by molar-refractivity contribution is -0.557. The Labute approximate surface area is 50.3 Å². The van der Waals surface area contributed by atoms with E-state index in [1.165, 1.54) is 11.0 Å². The predicted octanol–water partition coefficient (Wildman–Crippen LogP) is 0.366. The Balaban J connectivity index is 2.50. The number of aliphatic hydroxyl groups is 1. The molecule has 46 valence electrons. The molecule has 5 nitrogen and oxygen atoms in total. The van der Waals surface area contributed by atoms with Crippen molar-refractivity contribution in [3.8, 4) is 0 Å². The third-order valence-electron chi connectivity index (χ3n) is 1.06. The van der Waals surface area contributed by atoms with Gasteiger partial charge in [-0.25, -0.2) is 0 Å². The highest BCUT2D eigenvalue weighted by molar-refractivity contribution is 5.26. The van der Waals surface area contributed by atoms with Gasteiger partial charge in [0, 0.05) is 4.98 Å². The fraction of sp³-hybridized carbons (Fsp3) is 0.250. The third kappa shape index (κ3) is 0.488. The van der Waals surface area contributed by atoms with E-state index in [2.05, 4.69) is 10.1 Å². The van der Waals surface area contributed by atoms with Gasteiger partial charge in [-0.2, -0.15) is 0 Å². The SMILES string of the molecule is OC[N+]1=Nc2coc1n2. The van der Waals surface area contributed by atoms with Crippen LogP contribution in [0.15, 0.2) is 15.8 Å². The second-order valence-corrected chi connectivity index (χ2v) is 1.63. The van der Waals surface area contributed by atoms with Gasteiger partial charge in [0.05, 0.1) is 0 Å². The number of nitrogens with zero attached hydrogens (tertiary/aromatic N) is 3. The average Bonchev–Trinajstić information content (AvgIpc) is 2.45. The Morgan fingerprint density at radius 3 is 3.00 bits per heavy atom. The van der Waals surface area contributed by atoms with Crippen LogP contribution in [0.25, 0.3) is 0 Å². The lowest BCUT2D eigenvalue weighted by atomic mass is 10.8. The van der Waals surface area contributed by atoms with Crippen LogP contribution in [0.4, 0.5) is 11.8 Å². The maximum atomic E-state index is 8.53. The first kappa shape index (κ1) is 4.63. The molecule has 0 radical (unpaired) electrons. The van der Waals surface area contributed by atoms with Gasteiger partial charge < -0.3 is 9.52 Å². The maximum absolute atomic E-state index is 8.53. The Morgan fingerprint density at radius 2 is 2.67 bits per heavy atom. The minimum atomic E-state index is -0.184.